The van der Waals surface area contributed by atoms with Crippen molar-refractivity contribution in [3.8, 4) is 0 Å². The minimum atomic E-state index is -0.258. The number of rotatable bonds is 8. The molecule has 0 aliphatic heterocycles. The van der Waals surface area contributed by atoms with Crippen molar-refractivity contribution in [2.24, 2.45) is 23.0 Å². The fourth-order valence-electron chi connectivity index (χ4n) is 1.66. The van der Waals surface area contributed by atoms with Gasteiger partial charge in [0.2, 0.25) is 5.91 Å². The average molecular weight is 244 g/mol. The van der Waals surface area contributed by atoms with Gasteiger partial charge in [-0.2, -0.15) is 0 Å². The molecule has 4 heteroatoms. The largest absolute Gasteiger partial charge is 0.396 e. The standard InChI is InChI=1S/C13H28N2O2/c1-10(2)5-11(7-14)6-12(17)15-8-13(3,4)9-16/h10-11,16H,5-9,14H2,1-4H3,(H,15,17)/t11-/m0/s1. The third kappa shape index (κ3) is 8.16. The van der Waals surface area contributed by atoms with E-state index in [2.05, 4.69) is 19.2 Å². The Bertz CT molecular complexity index is 227. The number of amides is 1. The zero-order valence-corrected chi connectivity index (χ0v) is 11.6. The Kier molecular flexibility index (Phi) is 7.39. The van der Waals surface area contributed by atoms with Crippen LogP contribution in [0, 0.1) is 17.3 Å². The van der Waals surface area contributed by atoms with Crippen LogP contribution in [0.5, 0.6) is 0 Å². The zero-order chi connectivity index (χ0) is 13.5. The summed E-state index contributed by atoms with van der Waals surface area (Å²) in [5.41, 5.74) is 5.40. The summed E-state index contributed by atoms with van der Waals surface area (Å²) >= 11 is 0. The van der Waals surface area contributed by atoms with Crippen molar-refractivity contribution >= 4 is 5.91 Å². The van der Waals surface area contributed by atoms with E-state index in [0.717, 1.165) is 6.42 Å². The van der Waals surface area contributed by atoms with Gasteiger partial charge in [-0.1, -0.05) is 27.7 Å². The van der Waals surface area contributed by atoms with E-state index < -0.39 is 0 Å². The highest BCUT2D eigenvalue weighted by Crippen LogP contribution is 2.15. The van der Waals surface area contributed by atoms with E-state index in [1.54, 1.807) is 0 Å². The van der Waals surface area contributed by atoms with Crippen LogP contribution >= 0.6 is 0 Å². The van der Waals surface area contributed by atoms with Crippen molar-refractivity contribution in [1.82, 2.24) is 5.32 Å². The molecule has 4 nitrogen and oxygen atoms in total. The molecule has 0 fully saturated rings. The van der Waals surface area contributed by atoms with Gasteiger partial charge in [-0.25, -0.2) is 0 Å². The van der Waals surface area contributed by atoms with E-state index in [-0.39, 0.29) is 23.8 Å². The monoisotopic (exact) mass is 244 g/mol. The van der Waals surface area contributed by atoms with Gasteiger partial charge in [-0.05, 0) is 24.8 Å². The van der Waals surface area contributed by atoms with Crippen LogP contribution in [0.4, 0.5) is 0 Å². The molecule has 0 heterocycles. The number of hydrogen-bond donors (Lipinski definition) is 3. The Hall–Kier alpha value is -0.610. The van der Waals surface area contributed by atoms with Crippen molar-refractivity contribution < 1.29 is 9.90 Å². The lowest BCUT2D eigenvalue weighted by Gasteiger charge is -2.23. The number of hydrogen-bond acceptors (Lipinski definition) is 3. The first kappa shape index (κ1) is 16.4. The Morgan fingerprint density at radius 2 is 2.00 bits per heavy atom. The van der Waals surface area contributed by atoms with E-state index >= 15 is 0 Å². The molecular weight excluding hydrogens is 216 g/mol. The lowest BCUT2D eigenvalue weighted by atomic mass is 9.92. The van der Waals surface area contributed by atoms with Gasteiger partial charge in [0, 0.05) is 25.0 Å². The Morgan fingerprint density at radius 3 is 2.41 bits per heavy atom. The van der Waals surface area contributed by atoms with E-state index in [1.165, 1.54) is 0 Å². The van der Waals surface area contributed by atoms with Gasteiger partial charge in [-0.3, -0.25) is 4.79 Å². The molecule has 0 aromatic rings. The SMILES string of the molecule is CC(C)C[C@H](CN)CC(=O)NCC(C)(C)CO. The predicted octanol–water partition coefficient (Wildman–Crippen LogP) is 1.13. The topological polar surface area (TPSA) is 75.4 Å². The molecule has 4 N–H and O–H groups in total. The van der Waals surface area contributed by atoms with E-state index in [4.69, 9.17) is 10.8 Å². The van der Waals surface area contributed by atoms with Crippen LogP contribution in [0.3, 0.4) is 0 Å². The van der Waals surface area contributed by atoms with Crippen LogP contribution in [0.2, 0.25) is 0 Å². The Balaban J connectivity index is 3.99. The first-order chi connectivity index (χ1) is 7.80. The van der Waals surface area contributed by atoms with Gasteiger partial charge in [0.25, 0.3) is 0 Å². The fourth-order valence-corrected chi connectivity index (χ4v) is 1.66. The lowest BCUT2D eigenvalue weighted by molar-refractivity contribution is -0.122. The molecule has 102 valence electrons. The highest BCUT2D eigenvalue weighted by atomic mass is 16.3. The third-order valence-electron chi connectivity index (χ3n) is 2.80. The molecule has 0 aliphatic carbocycles. The normalized spacial score (nSPS) is 13.8. The van der Waals surface area contributed by atoms with Crippen molar-refractivity contribution in [3.63, 3.8) is 0 Å². The molecule has 0 rings (SSSR count). The van der Waals surface area contributed by atoms with Gasteiger partial charge in [0.05, 0.1) is 0 Å². The van der Waals surface area contributed by atoms with Crippen LogP contribution < -0.4 is 11.1 Å². The smallest absolute Gasteiger partial charge is 0.220 e. The minimum Gasteiger partial charge on any atom is -0.396 e. The van der Waals surface area contributed by atoms with Crippen LogP contribution in [0.1, 0.15) is 40.5 Å². The molecule has 0 bridgehead atoms. The Labute approximate surface area is 105 Å². The predicted molar refractivity (Wildman–Crippen MR) is 70.5 cm³/mol. The summed E-state index contributed by atoms with van der Waals surface area (Å²) in [6.07, 6.45) is 1.46. The minimum absolute atomic E-state index is 0.0302. The summed E-state index contributed by atoms with van der Waals surface area (Å²) in [7, 11) is 0. The fraction of sp³-hybridized carbons (Fsp3) is 0.923. The maximum atomic E-state index is 11.7. The van der Waals surface area contributed by atoms with Crippen LogP contribution in [0.15, 0.2) is 0 Å². The molecule has 0 aromatic heterocycles. The molecule has 0 saturated heterocycles. The van der Waals surface area contributed by atoms with Crippen LogP contribution in [0.25, 0.3) is 0 Å². The lowest BCUT2D eigenvalue weighted by Crippen LogP contribution is -2.37. The van der Waals surface area contributed by atoms with E-state index in [0.29, 0.717) is 25.4 Å². The summed E-state index contributed by atoms with van der Waals surface area (Å²) in [5, 5.41) is 11.9. The first-order valence-corrected chi connectivity index (χ1v) is 6.38. The maximum Gasteiger partial charge on any atom is 0.220 e. The quantitative estimate of drug-likeness (QED) is 0.599. The van der Waals surface area contributed by atoms with E-state index in [1.807, 2.05) is 13.8 Å². The van der Waals surface area contributed by atoms with Crippen molar-refractivity contribution in [2.75, 3.05) is 19.7 Å². The van der Waals surface area contributed by atoms with Crippen molar-refractivity contribution in [2.45, 2.75) is 40.5 Å². The number of carbonyl (C=O) groups excluding carboxylic acids is 1. The van der Waals surface area contributed by atoms with Crippen molar-refractivity contribution in [3.05, 3.63) is 0 Å². The summed E-state index contributed by atoms with van der Waals surface area (Å²) in [6, 6.07) is 0. The summed E-state index contributed by atoms with van der Waals surface area (Å²) in [4.78, 5) is 11.7. The van der Waals surface area contributed by atoms with Crippen molar-refractivity contribution in [1.29, 1.82) is 0 Å². The van der Waals surface area contributed by atoms with Crippen LogP contribution in [-0.4, -0.2) is 30.7 Å². The number of aliphatic hydroxyl groups is 1. The second kappa shape index (κ2) is 7.67. The molecule has 0 saturated carbocycles. The number of nitrogens with two attached hydrogens (primary N) is 1. The molecule has 0 aromatic carbocycles. The van der Waals surface area contributed by atoms with Gasteiger partial charge >= 0.3 is 0 Å². The Morgan fingerprint density at radius 1 is 1.41 bits per heavy atom. The number of nitrogens with one attached hydrogen (secondary N) is 1. The first-order valence-electron chi connectivity index (χ1n) is 6.38. The van der Waals surface area contributed by atoms with Gasteiger partial charge < -0.3 is 16.2 Å². The molecular formula is C13H28N2O2. The summed E-state index contributed by atoms with van der Waals surface area (Å²) in [6.45, 7) is 9.23. The molecule has 1 amide bonds. The number of carbonyl (C=O) groups is 1. The molecule has 17 heavy (non-hydrogen) atoms. The highest BCUT2D eigenvalue weighted by Gasteiger charge is 2.19. The molecule has 0 unspecified atom stereocenters. The molecule has 0 aliphatic rings. The second-order valence-electron chi connectivity index (χ2n) is 6.03. The van der Waals surface area contributed by atoms with E-state index in [9.17, 15) is 4.79 Å². The molecule has 1 atom stereocenters. The third-order valence-corrected chi connectivity index (χ3v) is 2.80. The zero-order valence-electron chi connectivity index (χ0n) is 11.6. The summed E-state index contributed by atoms with van der Waals surface area (Å²) in [5.74, 6) is 0.847. The van der Waals surface area contributed by atoms with Gasteiger partial charge in [-0.15, -0.1) is 0 Å². The van der Waals surface area contributed by atoms with Gasteiger partial charge in [0.1, 0.15) is 0 Å². The number of aliphatic hydroxyl groups excluding tert-OH is 1. The second-order valence-corrected chi connectivity index (χ2v) is 6.03. The van der Waals surface area contributed by atoms with Crippen LogP contribution in [-0.2, 0) is 4.79 Å². The summed E-state index contributed by atoms with van der Waals surface area (Å²) < 4.78 is 0. The molecule has 0 radical (unpaired) electrons. The maximum absolute atomic E-state index is 11.7. The molecule has 0 spiro atoms. The highest BCUT2D eigenvalue weighted by molar-refractivity contribution is 5.76. The van der Waals surface area contributed by atoms with Gasteiger partial charge in [0.15, 0.2) is 0 Å². The average Bonchev–Trinajstić information content (AvgIpc) is 2.25.